The number of aromatic nitrogens is 1. The molecule has 0 aromatic carbocycles. The van der Waals surface area contributed by atoms with Crippen LogP contribution in [-0.4, -0.2) is 23.9 Å². The summed E-state index contributed by atoms with van der Waals surface area (Å²) in [6, 6.07) is 1.03. The summed E-state index contributed by atoms with van der Waals surface area (Å²) in [6.07, 6.45) is 1.29. The number of nitrogens with one attached hydrogen (secondary N) is 2. The maximum absolute atomic E-state index is 11.0. The number of hydrogen-bond acceptors (Lipinski definition) is 5. The number of anilines is 1. The normalized spacial score (nSPS) is 8.93. The fourth-order valence-corrected chi connectivity index (χ4v) is 0.722. The first-order valence-electron chi connectivity index (χ1n) is 3.74. The minimum Gasteiger partial charge on any atom is -0.338 e. The van der Waals surface area contributed by atoms with Crippen molar-refractivity contribution < 1.29 is 14.1 Å². The predicted octanol–water partition coefficient (Wildman–Crippen LogP) is 0.398. The molecule has 0 fully saturated rings. The van der Waals surface area contributed by atoms with E-state index in [1.165, 1.54) is 6.08 Å². The average Bonchev–Trinajstić information content (AvgIpc) is 2.52. The van der Waals surface area contributed by atoms with Crippen LogP contribution in [-0.2, 0) is 4.79 Å². The van der Waals surface area contributed by atoms with Crippen LogP contribution in [0.15, 0.2) is 15.6 Å². The number of amides is 2. The van der Waals surface area contributed by atoms with E-state index in [9.17, 15) is 9.59 Å². The van der Waals surface area contributed by atoms with Gasteiger partial charge in [0.05, 0.1) is 5.69 Å². The van der Waals surface area contributed by atoms with Gasteiger partial charge in [0.1, 0.15) is 6.67 Å². The van der Waals surface area contributed by atoms with Crippen LogP contribution in [0.5, 0.6) is 0 Å². The number of aryl methyl sites for hydroxylation is 1. The summed E-state index contributed by atoms with van der Waals surface area (Å²) in [6.45, 7) is 1.60. The lowest BCUT2D eigenvalue weighted by molar-refractivity contribution is 0.251. The highest BCUT2D eigenvalue weighted by atomic mass is 16.5. The molecule has 0 radical (unpaired) electrons. The molecule has 0 bridgehead atoms. The summed E-state index contributed by atoms with van der Waals surface area (Å²) in [5.41, 5.74) is 0.659. The summed E-state index contributed by atoms with van der Waals surface area (Å²) in [7, 11) is 0. The standard InChI is InChI=1S/C7H8N4O3/c1-5-2-6(14-11-5)10-7(13)9-3-8-4-12/h2H,3H2,1H3,(H2,9,10,13). The fraction of sp³-hybridized carbons (Fsp3) is 0.286. The van der Waals surface area contributed by atoms with Crippen LogP contribution in [0.4, 0.5) is 10.7 Å². The van der Waals surface area contributed by atoms with E-state index >= 15 is 0 Å². The van der Waals surface area contributed by atoms with Gasteiger partial charge in [-0.25, -0.2) is 9.59 Å². The van der Waals surface area contributed by atoms with Crippen molar-refractivity contribution in [2.75, 3.05) is 12.0 Å². The highest BCUT2D eigenvalue weighted by Crippen LogP contribution is 2.07. The third-order valence-electron chi connectivity index (χ3n) is 1.25. The first kappa shape index (κ1) is 9.94. The molecular formula is C7H8N4O3. The number of carbonyl (C=O) groups is 1. The minimum absolute atomic E-state index is 0.123. The molecule has 0 unspecified atom stereocenters. The van der Waals surface area contributed by atoms with Gasteiger partial charge in [-0.2, -0.15) is 4.99 Å². The van der Waals surface area contributed by atoms with Gasteiger partial charge in [0.15, 0.2) is 0 Å². The number of rotatable bonds is 3. The third-order valence-corrected chi connectivity index (χ3v) is 1.25. The summed E-state index contributed by atoms with van der Waals surface area (Å²) in [4.78, 5) is 23.8. The second kappa shape index (κ2) is 4.78. The molecule has 0 aliphatic carbocycles. The maximum Gasteiger partial charge on any atom is 0.323 e. The molecule has 0 spiro atoms. The van der Waals surface area contributed by atoms with Gasteiger partial charge in [-0.05, 0) is 6.92 Å². The highest BCUT2D eigenvalue weighted by Gasteiger charge is 2.04. The smallest absolute Gasteiger partial charge is 0.323 e. The van der Waals surface area contributed by atoms with Gasteiger partial charge in [-0.15, -0.1) is 0 Å². The van der Waals surface area contributed by atoms with E-state index in [4.69, 9.17) is 4.52 Å². The number of urea groups is 1. The first-order chi connectivity index (χ1) is 6.72. The molecule has 0 aliphatic heterocycles. The van der Waals surface area contributed by atoms with Crippen molar-refractivity contribution in [2.24, 2.45) is 4.99 Å². The van der Waals surface area contributed by atoms with E-state index in [0.717, 1.165) is 0 Å². The third kappa shape index (κ3) is 3.08. The summed E-state index contributed by atoms with van der Waals surface area (Å²) < 4.78 is 4.71. The van der Waals surface area contributed by atoms with Crippen LogP contribution in [0, 0.1) is 6.92 Å². The lowest BCUT2D eigenvalue weighted by Crippen LogP contribution is -2.28. The van der Waals surface area contributed by atoms with E-state index < -0.39 is 6.03 Å². The van der Waals surface area contributed by atoms with Crippen LogP contribution in [0.3, 0.4) is 0 Å². The number of aliphatic imine (C=N–C) groups is 1. The van der Waals surface area contributed by atoms with Crippen molar-refractivity contribution in [1.29, 1.82) is 0 Å². The molecule has 2 amide bonds. The summed E-state index contributed by atoms with van der Waals surface area (Å²) in [5, 5.41) is 8.19. The van der Waals surface area contributed by atoms with Crippen molar-refractivity contribution in [3.8, 4) is 0 Å². The first-order valence-corrected chi connectivity index (χ1v) is 3.74. The molecule has 1 aromatic rings. The molecule has 7 heteroatoms. The Bertz CT molecular complexity index is 367. The monoisotopic (exact) mass is 196 g/mol. The van der Waals surface area contributed by atoms with Gasteiger partial charge in [0.25, 0.3) is 0 Å². The SMILES string of the molecule is Cc1cc(NC(=O)NCN=C=O)on1. The van der Waals surface area contributed by atoms with Crippen molar-refractivity contribution in [1.82, 2.24) is 10.5 Å². The lowest BCUT2D eigenvalue weighted by Gasteiger charge is -1.99. The quantitative estimate of drug-likeness (QED) is 0.540. The van der Waals surface area contributed by atoms with Gasteiger partial charge >= 0.3 is 6.03 Å². The van der Waals surface area contributed by atoms with Gasteiger partial charge < -0.3 is 9.84 Å². The van der Waals surface area contributed by atoms with Gasteiger partial charge in [-0.3, -0.25) is 5.32 Å². The second-order valence-electron chi connectivity index (χ2n) is 2.37. The molecule has 1 heterocycles. The van der Waals surface area contributed by atoms with Crippen molar-refractivity contribution >= 4 is 18.0 Å². The molecule has 74 valence electrons. The molecule has 0 saturated heterocycles. The topological polar surface area (TPSA) is 96.6 Å². The van der Waals surface area contributed by atoms with Crippen molar-refractivity contribution in [2.45, 2.75) is 6.92 Å². The number of carbonyl (C=O) groups excluding carboxylic acids is 2. The van der Waals surface area contributed by atoms with Crippen molar-refractivity contribution in [3.63, 3.8) is 0 Å². The zero-order valence-electron chi connectivity index (χ0n) is 7.40. The maximum atomic E-state index is 11.0. The predicted molar refractivity (Wildman–Crippen MR) is 46.4 cm³/mol. The Morgan fingerprint density at radius 1 is 1.79 bits per heavy atom. The zero-order valence-corrected chi connectivity index (χ0v) is 7.40. The Kier molecular flexibility index (Phi) is 3.40. The Morgan fingerprint density at radius 2 is 2.57 bits per heavy atom. The van der Waals surface area contributed by atoms with Crippen LogP contribution in [0.25, 0.3) is 0 Å². The molecule has 0 aliphatic rings. The molecule has 0 atom stereocenters. The number of nitrogens with zero attached hydrogens (tertiary/aromatic N) is 2. The Balaban J connectivity index is 2.37. The summed E-state index contributed by atoms with van der Waals surface area (Å²) in [5.74, 6) is 0.232. The molecule has 1 rings (SSSR count). The van der Waals surface area contributed by atoms with E-state index in [2.05, 4.69) is 20.8 Å². The minimum atomic E-state index is -0.528. The Hall–Kier alpha value is -2.14. The highest BCUT2D eigenvalue weighted by molar-refractivity contribution is 5.87. The molecule has 0 saturated carbocycles. The number of hydrogen-bond donors (Lipinski definition) is 2. The molecule has 1 aromatic heterocycles. The Morgan fingerprint density at radius 3 is 3.14 bits per heavy atom. The van der Waals surface area contributed by atoms with E-state index in [0.29, 0.717) is 5.69 Å². The molecule has 14 heavy (non-hydrogen) atoms. The van der Waals surface area contributed by atoms with Crippen LogP contribution in [0.2, 0.25) is 0 Å². The number of isocyanates is 1. The van der Waals surface area contributed by atoms with Crippen LogP contribution >= 0.6 is 0 Å². The Labute approximate surface area is 79.2 Å². The fourth-order valence-electron chi connectivity index (χ4n) is 0.722. The summed E-state index contributed by atoms with van der Waals surface area (Å²) >= 11 is 0. The molecule has 7 nitrogen and oxygen atoms in total. The van der Waals surface area contributed by atoms with Gasteiger partial charge in [-0.1, -0.05) is 5.16 Å². The van der Waals surface area contributed by atoms with Gasteiger partial charge in [0.2, 0.25) is 12.0 Å². The van der Waals surface area contributed by atoms with Gasteiger partial charge in [0, 0.05) is 6.07 Å². The average molecular weight is 196 g/mol. The largest absolute Gasteiger partial charge is 0.338 e. The van der Waals surface area contributed by atoms with Crippen LogP contribution in [0.1, 0.15) is 5.69 Å². The van der Waals surface area contributed by atoms with Crippen LogP contribution < -0.4 is 10.6 Å². The zero-order chi connectivity index (χ0) is 10.4. The van der Waals surface area contributed by atoms with E-state index in [1.54, 1.807) is 13.0 Å². The lowest BCUT2D eigenvalue weighted by atomic mass is 10.5. The second-order valence-corrected chi connectivity index (χ2v) is 2.37. The van der Waals surface area contributed by atoms with Crippen molar-refractivity contribution in [3.05, 3.63) is 11.8 Å². The molecular weight excluding hydrogens is 188 g/mol. The molecule has 2 N–H and O–H groups in total. The van der Waals surface area contributed by atoms with E-state index in [1.807, 2.05) is 0 Å². The van der Waals surface area contributed by atoms with E-state index in [-0.39, 0.29) is 12.6 Å².